The zero-order chi connectivity index (χ0) is 16.9. The minimum atomic E-state index is 0.202. The number of phenols is 1. The normalized spacial score (nSPS) is 14.7. The number of anilines is 1. The molecule has 0 spiro atoms. The largest absolute Gasteiger partial charge is 0.508 e. The molecule has 1 heterocycles. The van der Waals surface area contributed by atoms with E-state index in [1.54, 1.807) is 23.9 Å². The highest BCUT2D eigenvalue weighted by Gasteiger charge is 2.21. The molecule has 0 saturated carbocycles. The summed E-state index contributed by atoms with van der Waals surface area (Å²) in [5.74, 6) is 0.971. The van der Waals surface area contributed by atoms with Gasteiger partial charge in [0.25, 0.3) is 0 Å². The monoisotopic (exact) mass is 342 g/mol. The maximum Gasteiger partial charge on any atom is 0.233 e. The number of phenolic OH excluding ortho intramolecular Hbond substituents is 1. The predicted molar refractivity (Wildman–Crippen MR) is 98.8 cm³/mol. The first-order valence-corrected chi connectivity index (χ1v) is 9.12. The molecule has 2 aromatic carbocycles. The molecule has 0 aromatic heterocycles. The molecule has 1 amide bonds. The molecule has 2 aromatic rings. The first-order valence-electron chi connectivity index (χ1n) is 8.13. The standard InChI is InChI=1S/C19H22N2O2S/c1-15-4-2-3-5-18(15)24-14-19(23)21-12-10-20(11-13-21)16-6-8-17(22)9-7-16/h2-9,22H,10-14H2,1H3. The van der Waals surface area contributed by atoms with Crippen LogP contribution in [0.5, 0.6) is 5.75 Å². The maximum atomic E-state index is 12.4. The number of piperazine rings is 1. The second-order valence-corrected chi connectivity index (χ2v) is 6.96. The van der Waals surface area contributed by atoms with Gasteiger partial charge in [-0.05, 0) is 42.8 Å². The minimum Gasteiger partial charge on any atom is -0.508 e. The van der Waals surface area contributed by atoms with E-state index in [0.717, 1.165) is 31.9 Å². The van der Waals surface area contributed by atoms with Crippen LogP contribution in [0.25, 0.3) is 0 Å². The van der Waals surface area contributed by atoms with Gasteiger partial charge in [0.2, 0.25) is 5.91 Å². The number of thioether (sulfide) groups is 1. The molecule has 0 atom stereocenters. The van der Waals surface area contributed by atoms with Gasteiger partial charge < -0.3 is 14.9 Å². The molecule has 126 valence electrons. The molecule has 1 aliphatic heterocycles. The summed E-state index contributed by atoms with van der Waals surface area (Å²) < 4.78 is 0. The van der Waals surface area contributed by atoms with Gasteiger partial charge in [-0.3, -0.25) is 4.79 Å². The fourth-order valence-corrected chi connectivity index (χ4v) is 3.76. The SMILES string of the molecule is Cc1ccccc1SCC(=O)N1CCN(c2ccc(O)cc2)CC1. The Morgan fingerprint density at radius 3 is 2.38 bits per heavy atom. The second kappa shape index (κ2) is 7.62. The lowest BCUT2D eigenvalue weighted by atomic mass is 10.2. The lowest BCUT2D eigenvalue weighted by Gasteiger charge is -2.36. The van der Waals surface area contributed by atoms with Crippen LogP contribution in [-0.4, -0.2) is 47.8 Å². The van der Waals surface area contributed by atoms with Crippen LogP contribution in [0.1, 0.15) is 5.56 Å². The van der Waals surface area contributed by atoms with Crippen LogP contribution in [0.2, 0.25) is 0 Å². The summed E-state index contributed by atoms with van der Waals surface area (Å²) in [4.78, 5) is 17.8. The zero-order valence-electron chi connectivity index (χ0n) is 13.8. The molecule has 1 saturated heterocycles. The van der Waals surface area contributed by atoms with Crippen molar-refractivity contribution in [2.75, 3.05) is 36.8 Å². The molecule has 4 nitrogen and oxygen atoms in total. The van der Waals surface area contributed by atoms with E-state index in [4.69, 9.17) is 0 Å². The minimum absolute atomic E-state index is 0.202. The number of hydrogen-bond acceptors (Lipinski definition) is 4. The third kappa shape index (κ3) is 4.03. The molecule has 24 heavy (non-hydrogen) atoms. The van der Waals surface area contributed by atoms with E-state index < -0.39 is 0 Å². The number of benzene rings is 2. The van der Waals surface area contributed by atoms with Crippen molar-refractivity contribution in [2.45, 2.75) is 11.8 Å². The van der Waals surface area contributed by atoms with Crippen molar-refractivity contribution in [2.24, 2.45) is 0 Å². The predicted octanol–water partition coefficient (Wildman–Crippen LogP) is 3.14. The highest BCUT2D eigenvalue weighted by molar-refractivity contribution is 8.00. The van der Waals surface area contributed by atoms with E-state index in [2.05, 4.69) is 24.0 Å². The van der Waals surface area contributed by atoms with Crippen molar-refractivity contribution in [3.05, 3.63) is 54.1 Å². The Balaban J connectivity index is 1.50. The number of aromatic hydroxyl groups is 1. The zero-order valence-corrected chi connectivity index (χ0v) is 14.6. The Hall–Kier alpha value is -2.14. The fraction of sp³-hybridized carbons (Fsp3) is 0.316. The topological polar surface area (TPSA) is 43.8 Å². The number of amides is 1. The van der Waals surface area contributed by atoms with Crippen LogP contribution < -0.4 is 4.90 Å². The van der Waals surface area contributed by atoms with Gasteiger partial charge in [-0.25, -0.2) is 0 Å². The summed E-state index contributed by atoms with van der Waals surface area (Å²) in [5, 5.41) is 9.37. The molecule has 1 fully saturated rings. The van der Waals surface area contributed by atoms with Gasteiger partial charge >= 0.3 is 0 Å². The molecular formula is C19H22N2O2S. The molecule has 0 radical (unpaired) electrons. The van der Waals surface area contributed by atoms with Crippen LogP contribution in [-0.2, 0) is 4.79 Å². The summed E-state index contributed by atoms with van der Waals surface area (Å²) in [6.45, 7) is 5.21. The van der Waals surface area contributed by atoms with Gasteiger partial charge in [-0.2, -0.15) is 0 Å². The smallest absolute Gasteiger partial charge is 0.233 e. The summed E-state index contributed by atoms with van der Waals surface area (Å²) >= 11 is 1.61. The number of carbonyl (C=O) groups excluding carboxylic acids is 1. The van der Waals surface area contributed by atoms with Crippen molar-refractivity contribution >= 4 is 23.4 Å². The summed E-state index contributed by atoms with van der Waals surface area (Å²) in [6.07, 6.45) is 0. The van der Waals surface area contributed by atoms with E-state index in [1.807, 2.05) is 29.2 Å². The number of rotatable bonds is 4. The van der Waals surface area contributed by atoms with Gasteiger partial charge in [0.15, 0.2) is 0 Å². The van der Waals surface area contributed by atoms with E-state index >= 15 is 0 Å². The number of aryl methyl sites for hydroxylation is 1. The van der Waals surface area contributed by atoms with E-state index in [1.165, 1.54) is 10.5 Å². The van der Waals surface area contributed by atoms with Crippen molar-refractivity contribution in [3.8, 4) is 5.75 Å². The van der Waals surface area contributed by atoms with Crippen LogP contribution >= 0.6 is 11.8 Å². The van der Waals surface area contributed by atoms with Crippen LogP contribution in [0, 0.1) is 6.92 Å². The van der Waals surface area contributed by atoms with Gasteiger partial charge in [0.1, 0.15) is 5.75 Å². The Morgan fingerprint density at radius 1 is 1.04 bits per heavy atom. The molecule has 1 aliphatic rings. The van der Waals surface area contributed by atoms with Crippen molar-refractivity contribution in [3.63, 3.8) is 0 Å². The van der Waals surface area contributed by atoms with Gasteiger partial charge in [-0.15, -0.1) is 11.8 Å². The van der Waals surface area contributed by atoms with Gasteiger partial charge in [0, 0.05) is 36.8 Å². The highest BCUT2D eigenvalue weighted by Crippen LogP contribution is 2.23. The first-order chi connectivity index (χ1) is 11.6. The van der Waals surface area contributed by atoms with Crippen LogP contribution in [0.3, 0.4) is 0 Å². The third-order valence-corrected chi connectivity index (χ3v) is 5.45. The average Bonchev–Trinajstić information content (AvgIpc) is 2.62. The molecule has 5 heteroatoms. The van der Waals surface area contributed by atoms with Crippen molar-refractivity contribution < 1.29 is 9.90 Å². The van der Waals surface area contributed by atoms with Crippen LogP contribution in [0.4, 0.5) is 5.69 Å². The van der Waals surface area contributed by atoms with Gasteiger partial charge in [0.05, 0.1) is 5.75 Å². The van der Waals surface area contributed by atoms with E-state index in [0.29, 0.717) is 5.75 Å². The highest BCUT2D eigenvalue weighted by atomic mass is 32.2. The van der Waals surface area contributed by atoms with E-state index in [-0.39, 0.29) is 11.7 Å². The molecule has 0 bridgehead atoms. The molecule has 3 rings (SSSR count). The summed E-state index contributed by atoms with van der Waals surface area (Å²) in [6, 6.07) is 15.4. The third-order valence-electron chi connectivity index (χ3n) is 4.29. The number of hydrogen-bond donors (Lipinski definition) is 1. The molecule has 1 N–H and O–H groups in total. The van der Waals surface area contributed by atoms with E-state index in [9.17, 15) is 9.90 Å². The lowest BCUT2D eigenvalue weighted by Crippen LogP contribution is -2.49. The average molecular weight is 342 g/mol. The molecular weight excluding hydrogens is 320 g/mol. The lowest BCUT2D eigenvalue weighted by molar-refractivity contribution is -0.128. The van der Waals surface area contributed by atoms with Gasteiger partial charge in [-0.1, -0.05) is 18.2 Å². The number of carbonyl (C=O) groups is 1. The van der Waals surface area contributed by atoms with Crippen molar-refractivity contribution in [1.29, 1.82) is 0 Å². The van der Waals surface area contributed by atoms with Crippen LogP contribution in [0.15, 0.2) is 53.4 Å². The fourth-order valence-electron chi connectivity index (χ4n) is 2.83. The number of nitrogens with zero attached hydrogens (tertiary/aromatic N) is 2. The molecule has 0 unspecified atom stereocenters. The first kappa shape index (κ1) is 16.7. The molecule has 0 aliphatic carbocycles. The Kier molecular flexibility index (Phi) is 5.30. The van der Waals surface area contributed by atoms with Crippen molar-refractivity contribution in [1.82, 2.24) is 4.90 Å². The quantitative estimate of drug-likeness (QED) is 0.867. The second-order valence-electron chi connectivity index (χ2n) is 5.94. The Labute approximate surface area is 147 Å². The maximum absolute atomic E-state index is 12.4. The Morgan fingerprint density at radius 2 is 1.71 bits per heavy atom. The Bertz CT molecular complexity index is 695. The summed E-state index contributed by atoms with van der Waals surface area (Å²) in [5.41, 5.74) is 2.31. The summed E-state index contributed by atoms with van der Waals surface area (Å²) in [7, 11) is 0.